The van der Waals surface area contributed by atoms with Crippen LogP contribution in [-0.2, 0) is 10.0 Å². The van der Waals surface area contributed by atoms with Crippen molar-refractivity contribution >= 4 is 15.7 Å². The Labute approximate surface area is 118 Å². The van der Waals surface area contributed by atoms with E-state index in [9.17, 15) is 8.42 Å². The van der Waals surface area contributed by atoms with Crippen LogP contribution in [0, 0.1) is 0 Å². The minimum absolute atomic E-state index is 0.0441. The second kappa shape index (κ2) is 6.06. The Hall–Kier alpha value is -1.86. The van der Waals surface area contributed by atoms with Gasteiger partial charge in [0.2, 0.25) is 0 Å². The van der Waals surface area contributed by atoms with E-state index in [0.29, 0.717) is 5.69 Å². The van der Waals surface area contributed by atoms with Crippen molar-refractivity contribution < 1.29 is 8.42 Å². The maximum atomic E-state index is 12.0. The smallest absolute Gasteiger partial charge is 0.278 e. The molecule has 0 fully saturated rings. The van der Waals surface area contributed by atoms with Gasteiger partial charge < -0.3 is 10.3 Å². The average molecular weight is 294 g/mol. The summed E-state index contributed by atoms with van der Waals surface area (Å²) in [6, 6.07) is 7.53. The maximum Gasteiger partial charge on any atom is 0.278 e. The third-order valence-electron chi connectivity index (χ3n) is 2.94. The number of hydrogen-bond acceptors (Lipinski definition) is 4. The number of benzene rings is 1. The number of hydrogen-bond donors (Lipinski definition) is 3. The maximum absolute atomic E-state index is 12.0. The normalized spacial score (nSPS) is 13.1. The Kier molecular flexibility index (Phi) is 4.41. The molecule has 1 aromatic heterocycles. The molecule has 2 rings (SSSR count). The first-order valence-electron chi connectivity index (χ1n) is 6.37. The summed E-state index contributed by atoms with van der Waals surface area (Å²) in [5, 5.41) is 3.34. The summed E-state index contributed by atoms with van der Waals surface area (Å²) in [6.07, 6.45) is 2.60. The van der Waals surface area contributed by atoms with E-state index in [0.717, 1.165) is 12.1 Å². The molecule has 1 unspecified atom stereocenters. The van der Waals surface area contributed by atoms with Crippen molar-refractivity contribution in [2.75, 3.05) is 11.3 Å². The van der Waals surface area contributed by atoms with E-state index in [1.807, 2.05) is 19.1 Å². The van der Waals surface area contributed by atoms with E-state index in [4.69, 9.17) is 0 Å². The molecule has 1 aromatic carbocycles. The summed E-state index contributed by atoms with van der Waals surface area (Å²) in [5.74, 6) is 0. The van der Waals surface area contributed by atoms with Crippen molar-refractivity contribution in [2.24, 2.45) is 0 Å². The zero-order valence-corrected chi connectivity index (χ0v) is 12.2. The monoisotopic (exact) mass is 294 g/mol. The minimum Gasteiger partial charge on any atom is -0.334 e. The van der Waals surface area contributed by atoms with E-state index in [-0.39, 0.29) is 11.1 Å². The molecule has 0 saturated carbocycles. The van der Waals surface area contributed by atoms with Crippen LogP contribution >= 0.6 is 0 Å². The first-order valence-corrected chi connectivity index (χ1v) is 7.86. The molecule has 0 aliphatic heterocycles. The molecule has 6 nitrogen and oxygen atoms in total. The number of aromatic nitrogens is 2. The minimum atomic E-state index is -3.60. The number of sulfonamides is 1. The van der Waals surface area contributed by atoms with Crippen molar-refractivity contribution in [2.45, 2.75) is 24.9 Å². The topological polar surface area (TPSA) is 86.9 Å². The molecule has 0 bridgehead atoms. The van der Waals surface area contributed by atoms with Gasteiger partial charge in [-0.25, -0.2) is 4.98 Å². The molecule has 0 amide bonds. The molecule has 20 heavy (non-hydrogen) atoms. The van der Waals surface area contributed by atoms with Crippen molar-refractivity contribution in [3.8, 4) is 0 Å². The molecule has 0 aliphatic rings. The molecule has 2 aromatic rings. The summed E-state index contributed by atoms with van der Waals surface area (Å²) >= 11 is 0. The molecule has 1 atom stereocenters. The second-order valence-electron chi connectivity index (χ2n) is 4.42. The predicted octanol–water partition coefficient (Wildman–Crippen LogP) is 1.88. The van der Waals surface area contributed by atoms with Crippen LogP contribution in [0.4, 0.5) is 5.69 Å². The fourth-order valence-electron chi connectivity index (χ4n) is 1.86. The van der Waals surface area contributed by atoms with Crippen molar-refractivity contribution in [3.05, 3.63) is 42.4 Å². The van der Waals surface area contributed by atoms with E-state index in [2.05, 4.69) is 26.9 Å². The van der Waals surface area contributed by atoms with Gasteiger partial charge in [-0.3, -0.25) is 4.72 Å². The van der Waals surface area contributed by atoms with E-state index in [1.54, 1.807) is 12.1 Å². The second-order valence-corrected chi connectivity index (χ2v) is 6.07. The summed E-state index contributed by atoms with van der Waals surface area (Å²) < 4.78 is 26.5. The zero-order valence-electron chi connectivity index (χ0n) is 11.4. The number of aromatic amines is 1. The highest BCUT2D eigenvalue weighted by atomic mass is 32.2. The van der Waals surface area contributed by atoms with Gasteiger partial charge in [-0.05, 0) is 31.2 Å². The van der Waals surface area contributed by atoms with Crippen LogP contribution in [0.25, 0.3) is 0 Å². The van der Waals surface area contributed by atoms with Crippen LogP contribution in [0.15, 0.2) is 41.8 Å². The lowest BCUT2D eigenvalue weighted by Gasteiger charge is -2.13. The number of imidazole rings is 1. The third kappa shape index (κ3) is 3.37. The predicted molar refractivity (Wildman–Crippen MR) is 77.9 cm³/mol. The fourth-order valence-corrected chi connectivity index (χ4v) is 2.83. The SMILES string of the molecule is CCNC(C)c1ccc(NS(=O)(=O)c2cnc[nH]2)cc1. The average Bonchev–Trinajstić information content (AvgIpc) is 2.94. The quantitative estimate of drug-likeness (QED) is 0.759. The largest absolute Gasteiger partial charge is 0.334 e. The van der Waals surface area contributed by atoms with Gasteiger partial charge >= 0.3 is 0 Å². The van der Waals surface area contributed by atoms with Gasteiger partial charge in [-0.15, -0.1) is 0 Å². The molecule has 1 heterocycles. The van der Waals surface area contributed by atoms with Gasteiger partial charge in [0.1, 0.15) is 0 Å². The number of nitrogens with one attached hydrogen (secondary N) is 3. The third-order valence-corrected chi connectivity index (χ3v) is 4.24. The Morgan fingerprint density at radius 2 is 2.00 bits per heavy atom. The van der Waals surface area contributed by atoms with Gasteiger partial charge in [-0.1, -0.05) is 19.1 Å². The zero-order chi connectivity index (χ0) is 14.6. The number of H-pyrrole nitrogens is 1. The van der Waals surface area contributed by atoms with Crippen molar-refractivity contribution in [3.63, 3.8) is 0 Å². The number of anilines is 1. The molecule has 0 radical (unpaired) electrons. The highest BCUT2D eigenvalue weighted by molar-refractivity contribution is 7.92. The first-order chi connectivity index (χ1) is 9.53. The molecular formula is C13H18N4O2S. The van der Waals surface area contributed by atoms with Gasteiger partial charge in [0.05, 0.1) is 12.5 Å². The van der Waals surface area contributed by atoms with Gasteiger partial charge in [0.15, 0.2) is 5.03 Å². The Morgan fingerprint density at radius 1 is 1.30 bits per heavy atom. The first kappa shape index (κ1) is 14.5. The molecule has 0 saturated heterocycles. The van der Waals surface area contributed by atoms with E-state index in [1.165, 1.54) is 12.5 Å². The molecule has 3 N–H and O–H groups in total. The summed E-state index contributed by atoms with van der Waals surface area (Å²) in [4.78, 5) is 6.28. The standard InChI is InChI=1S/C13H18N4O2S/c1-3-15-10(2)11-4-6-12(7-5-11)17-20(18,19)13-8-14-9-16-13/h4-10,15,17H,3H2,1-2H3,(H,14,16). The van der Waals surface area contributed by atoms with Crippen LogP contribution in [0.3, 0.4) is 0 Å². The molecule has 0 spiro atoms. The lowest BCUT2D eigenvalue weighted by Crippen LogP contribution is -2.17. The molecular weight excluding hydrogens is 276 g/mol. The Morgan fingerprint density at radius 3 is 2.55 bits per heavy atom. The molecule has 7 heteroatoms. The van der Waals surface area contributed by atoms with Gasteiger partial charge in [0, 0.05) is 11.7 Å². The van der Waals surface area contributed by atoms with Crippen molar-refractivity contribution in [1.29, 1.82) is 0 Å². The highest BCUT2D eigenvalue weighted by Crippen LogP contribution is 2.18. The van der Waals surface area contributed by atoms with E-state index < -0.39 is 10.0 Å². The Bertz CT molecular complexity index is 636. The van der Waals surface area contributed by atoms with Crippen LogP contribution in [0.1, 0.15) is 25.5 Å². The lowest BCUT2D eigenvalue weighted by atomic mass is 10.1. The van der Waals surface area contributed by atoms with Crippen LogP contribution in [-0.4, -0.2) is 24.9 Å². The number of rotatable bonds is 6. The van der Waals surface area contributed by atoms with Crippen LogP contribution < -0.4 is 10.0 Å². The lowest BCUT2D eigenvalue weighted by molar-refractivity contribution is 0.597. The summed E-state index contributed by atoms with van der Waals surface area (Å²) in [5.41, 5.74) is 1.63. The van der Waals surface area contributed by atoms with Gasteiger partial charge in [0.25, 0.3) is 10.0 Å². The van der Waals surface area contributed by atoms with Crippen LogP contribution in [0.5, 0.6) is 0 Å². The van der Waals surface area contributed by atoms with E-state index >= 15 is 0 Å². The highest BCUT2D eigenvalue weighted by Gasteiger charge is 2.15. The van der Waals surface area contributed by atoms with Crippen molar-refractivity contribution in [1.82, 2.24) is 15.3 Å². The van der Waals surface area contributed by atoms with Gasteiger partial charge in [-0.2, -0.15) is 8.42 Å². The van der Waals surface area contributed by atoms with Crippen LogP contribution in [0.2, 0.25) is 0 Å². The molecule has 0 aliphatic carbocycles. The fraction of sp³-hybridized carbons (Fsp3) is 0.308. The number of nitrogens with zero attached hydrogens (tertiary/aromatic N) is 1. The summed E-state index contributed by atoms with van der Waals surface area (Å²) in [7, 11) is -3.60. The Balaban J connectivity index is 2.12. The summed E-state index contributed by atoms with van der Waals surface area (Å²) in [6.45, 7) is 4.99. The molecule has 108 valence electrons.